The van der Waals surface area contributed by atoms with E-state index in [-0.39, 0.29) is 17.9 Å². The molecule has 6 heteroatoms. The van der Waals surface area contributed by atoms with Gasteiger partial charge in [-0.2, -0.15) is 0 Å². The van der Waals surface area contributed by atoms with Crippen molar-refractivity contribution in [3.63, 3.8) is 0 Å². The summed E-state index contributed by atoms with van der Waals surface area (Å²) in [7, 11) is 1.62. The lowest BCUT2D eigenvalue weighted by Gasteiger charge is -2.35. The Balaban J connectivity index is 1.51. The monoisotopic (exact) mass is 337 g/mol. The van der Waals surface area contributed by atoms with Crippen molar-refractivity contribution in [2.75, 3.05) is 33.3 Å². The zero-order chi connectivity index (χ0) is 17.0. The third-order valence-corrected chi connectivity index (χ3v) is 6.01. The van der Waals surface area contributed by atoms with E-state index >= 15 is 0 Å². The fraction of sp³-hybridized carbons (Fsp3) is 0.889. The highest BCUT2D eigenvalue weighted by atomic mass is 16.5. The molecule has 0 bridgehead atoms. The van der Waals surface area contributed by atoms with Gasteiger partial charge in [-0.15, -0.1) is 0 Å². The fourth-order valence-corrected chi connectivity index (χ4v) is 4.36. The van der Waals surface area contributed by atoms with E-state index < -0.39 is 5.60 Å². The molecule has 2 aliphatic heterocycles. The molecule has 6 nitrogen and oxygen atoms in total. The maximum atomic E-state index is 12.7. The van der Waals surface area contributed by atoms with E-state index in [1.807, 2.05) is 4.90 Å². The molecule has 3 rings (SSSR count). The maximum Gasteiger partial charge on any atom is 0.252 e. The summed E-state index contributed by atoms with van der Waals surface area (Å²) in [5.74, 6) is 0.501. The predicted octanol–water partition coefficient (Wildman–Crippen LogP) is 1.05. The number of methoxy groups -OCH3 is 1. The Kier molecular flexibility index (Phi) is 5.76. The van der Waals surface area contributed by atoms with E-state index in [4.69, 9.17) is 4.74 Å². The molecule has 0 radical (unpaired) electrons. The molecule has 0 aromatic rings. The van der Waals surface area contributed by atoms with Crippen molar-refractivity contribution in [3.8, 4) is 0 Å². The van der Waals surface area contributed by atoms with Gasteiger partial charge in [0.2, 0.25) is 5.91 Å². The highest BCUT2D eigenvalue weighted by Gasteiger charge is 2.41. The van der Waals surface area contributed by atoms with Crippen LogP contribution in [0.4, 0.5) is 0 Å². The second-order valence-corrected chi connectivity index (χ2v) is 7.53. The number of hydrogen-bond acceptors (Lipinski definition) is 4. The van der Waals surface area contributed by atoms with E-state index in [0.29, 0.717) is 25.3 Å². The van der Waals surface area contributed by atoms with Crippen LogP contribution in [-0.2, 0) is 14.3 Å². The lowest BCUT2D eigenvalue weighted by atomic mass is 9.88. The van der Waals surface area contributed by atoms with Gasteiger partial charge in [0.05, 0.1) is 0 Å². The number of amides is 2. The SMILES string of the molecule is COC1(C(=O)NC2CCN(C(=O)C3CCCCC3)C2)CCNCC1. The van der Waals surface area contributed by atoms with Gasteiger partial charge in [-0.3, -0.25) is 9.59 Å². The second kappa shape index (κ2) is 7.83. The van der Waals surface area contributed by atoms with Gasteiger partial charge in [0, 0.05) is 32.2 Å². The molecule has 24 heavy (non-hydrogen) atoms. The number of rotatable bonds is 4. The first kappa shape index (κ1) is 17.7. The third kappa shape index (κ3) is 3.75. The van der Waals surface area contributed by atoms with Gasteiger partial charge in [-0.25, -0.2) is 0 Å². The Labute approximate surface area is 144 Å². The molecule has 136 valence electrons. The largest absolute Gasteiger partial charge is 0.368 e. The number of carbonyl (C=O) groups excluding carboxylic acids is 2. The number of nitrogens with zero attached hydrogens (tertiary/aromatic N) is 1. The van der Waals surface area contributed by atoms with Crippen LogP contribution in [0.25, 0.3) is 0 Å². The van der Waals surface area contributed by atoms with Crippen LogP contribution in [0.2, 0.25) is 0 Å². The summed E-state index contributed by atoms with van der Waals surface area (Å²) in [4.78, 5) is 27.3. The average Bonchev–Trinajstić information content (AvgIpc) is 3.10. The Morgan fingerprint density at radius 1 is 1.12 bits per heavy atom. The number of nitrogens with one attached hydrogen (secondary N) is 2. The molecule has 2 saturated heterocycles. The van der Waals surface area contributed by atoms with Crippen LogP contribution in [0.3, 0.4) is 0 Å². The molecule has 3 aliphatic rings. The van der Waals surface area contributed by atoms with Crippen molar-refractivity contribution in [3.05, 3.63) is 0 Å². The van der Waals surface area contributed by atoms with Gasteiger partial charge in [0.15, 0.2) is 0 Å². The van der Waals surface area contributed by atoms with Crippen molar-refractivity contribution >= 4 is 11.8 Å². The molecule has 1 aliphatic carbocycles. The molecule has 0 aromatic carbocycles. The van der Waals surface area contributed by atoms with Crippen molar-refractivity contribution < 1.29 is 14.3 Å². The minimum atomic E-state index is -0.702. The van der Waals surface area contributed by atoms with Gasteiger partial charge < -0.3 is 20.3 Å². The van der Waals surface area contributed by atoms with Crippen LogP contribution in [-0.4, -0.2) is 61.6 Å². The lowest BCUT2D eigenvalue weighted by Crippen LogP contribution is -2.56. The highest BCUT2D eigenvalue weighted by Crippen LogP contribution is 2.27. The topological polar surface area (TPSA) is 70.7 Å². The van der Waals surface area contributed by atoms with Crippen molar-refractivity contribution in [2.24, 2.45) is 5.92 Å². The number of piperidine rings is 1. The van der Waals surface area contributed by atoms with Crippen LogP contribution in [0.1, 0.15) is 51.4 Å². The average molecular weight is 337 g/mol. The Morgan fingerprint density at radius 2 is 1.83 bits per heavy atom. The zero-order valence-electron chi connectivity index (χ0n) is 14.8. The van der Waals surface area contributed by atoms with Crippen LogP contribution >= 0.6 is 0 Å². The quantitative estimate of drug-likeness (QED) is 0.804. The summed E-state index contributed by atoms with van der Waals surface area (Å²) in [6.45, 7) is 3.03. The van der Waals surface area contributed by atoms with Gasteiger partial charge in [-0.05, 0) is 45.2 Å². The summed E-state index contributed by atoms with van der Waals surface area (Å²) in [5.41, 5.74) is -0.702. The van der Waals surface area contributed by atoms with Gasteiger partial charge in [0.25, 0.3) is 5.91 Å². The second-order valence-electron chi connectivity index (χ2n) is 7.53. The van der Waals surface area contributed by atoms with Crippen molar-refractivity contribution in [1.82, 2.24) is 15.5 Å². The Hall–Kier alpha value is -1.14. The molecule has 2 heterocycles. The number of hydrogen-bond donors (Lipinski definition) is 2. The van der Waals surface area contributed by atoms with Gasteiger partial charge >= 0.3 is 0 Å². The van der Waals surface area contributed by atoms with Crippen LogP contribution in [0.5, 0.6) is 0 Å². The number of carbonyl (C=O) groups is 2. The van der Waals surface area contributed by atoms with E-state index in [2.05, 4.69) is 10.6 Å². The summed E-state index contributed by atoms with van der Waals surface area (Å²) < 4.78 is 5.59. The molecule has 3 fully saturated rings. The number of ether oxygens (including phenoxy) is 1. The zero-order valence-corrected chi connectivity index (χ0v) is 14.8. The lowest BCUT2D eigenvalue weighted by molar-refractivity contribution is -0.147. The molecule has 1 atom stereocenters. The minimum absolute atomic E-state index is 0.0107. The molecular formula is C18H31N3O3. The van der Waals surface area contributed by atoms with Crippen LogP contribution < -0.4 is 10.6 Å². The van der Waals surface area contributed by atoms with Gasteiger partial charge in [-0.1, -0.05) is 19.3 Å². The van der Waals surface area contributed by atoms with Gasteiger partial charge in [0.1, 0.15) is 5.60 Å². The molecule has 2 amide bonds. The maximum absolute atomic E-state index is 12.7. The summed E-state index contributed by atoms with van der Waals surface area (Å²) >= 11 is 0. The summed E-state index contributed by atoms with van der Waals surface area (Å²) in [6.07, 6.45) is 7.93. The Bertz CT molecular complexity index is 456. The molecule has 0 spiro atoms. The van der Waals surface area contributed by atoms with E-state index in [0.717, 1.165) is 38.9 Å². The standard InChI is InChI=1S/C18H31N3O3/c1-24-18(8-10-19-11-9-18)17(23)20-15-7-12-21(13-15)16(22)14-5-3-2-4-6-14/h14-15,19H,2-13H2,1H3,(H,20,23). The first-order chi connectivity index (χ1) is 11.6. The molecule has 0 aromatic heterocycles. The third-order valence-electron chi connectivity index (χ3n) is 6.01. The van der Waals surface area contributed by atoms with E-state index in [1.165, 1.54) is 19.3 Å². The fourth-order valence-electron chi connectivity index (χ4n) is 4.36. The molecule has 1 unspecified atom stereocenters. The minimum Gasteiger partial charge on any atom is -0.368 e. The van der Waals surface area contributed by atoms with Crippen molar-refractivity contribution in [1.29, 1.82) is 0 Å². The van der Waals surface area contributed by atoms with Crippen molar-refractivity contribution in [2.45, 2.75) is 63.0 Å². The first-order valence-corrected chi connectivity index (χ1v) is 9.50. The number of likely N-dealkylation sites (tertiary alicyclic amines) is 1. The summed E-state index contributed by atoms with van der Waals surface area (Å²) in [6, 6.07) is 0.0620. The predicted molar refractivity (Wildman–Crippen MR) is 91.5 cm³/mol. The molecule has 2 N–H and O–H groups in total. The first-order valence-electron chi connectivity index (χ1n) is 9.50. The van der Waals surface area contributed by atoms with E-state index in [9.17, 15) is 9.59 Å². The molecular weight excluding hydrogens is 306 g/mol. The highest BCUT2D eigenvalue weighted by molar-refractivity contribution is 5.86. The van der Waals surface area contributed by atoms with E-state index in [1.54, 1.807) is 7.11 Å². The smallest absolute Gasteiger partial charge is 0.252 e. The van der Waals surface area contributed by atoms with Crippen LogP contribution in [0, 0.1) is 5.92 Å². The Morgan fingerprint density at radius 3 is 2.50 bits per heavy atom. The van der Waals surface area contributed by atoms with Crippen LogP contribution in [0.15, 0.2) is 0 Å². The normalized spacial score (nSPS) is 27.9. The summed E-state index contributed by atoms with van der Waals surface area (Å²) in [5, 5.41) is 6.41. The molecule has 1 saturated carbocycles.